The highest BCUT2D eigenvalue weighted by Crippen LogP contribution is 2.47. The summed E-state index contributed by atoms with van der Waals surface area (Å²) in [4.78, 5) is 14.4. The van der Waals surface area contributed by atoms with E-state index < -0.39 is 0 Å². The van der Waals surface area contributed by atoms with Gasteiger partial charge in [0.1, 0.15) is 5.82 Å². The molecule has 4 fully saturated rings. The average Bonchev–Trinajstić information content (AvgIpc) is 3.47. The molecule has 4 aliphatic heterocycles. The summed E-state index contributed by atoms with van der Waals surface area (Å²) < 4.78 is 6.11. The van der Waals surface area contributed by atoms with E-state index in [9.17, 15) is 0 Å². The molecule has 28 heavy (non-hydrogen) atoms. The first-order valence-electron chi connectivity index (χ1n) is 10.7. The van der Waals surface area contributed by atoms with Crippen LogP contribution in [-0.2, 0) is 11.3 Å². The lowest BCUT2D eigenvalue weighted by Gasteiger charge is -2.23. The molecule has 0 aliphatic carbocycles. The summed E-state index contributed by atoms with van der Waals surface area (Å²) >= 11 is 0. The largest absolute Gasteiger partial charge is 0.374 e. The number of aromatic nitrogens is 1. The van der Waals surface area contributed by atoms with E-state index in [1.807, 2.05) is 6.20 Å². The maximum Gasteiger partial charge on any atom is 0.194 e. The fourth-order valence-corrected chi connectivity index (χ4v) is 5.37. The highest BCUT2D eigenvalue weighted by Gasteiger charge is 2.53. The summed E-state index contributed by atoms with van der Waals surface area (Å²) in [5.41, 5.74) is 1.18. The van der Waals surface area contributed by atoms with Crippen molar-refractivity contribution in [2.24, 2.45) is 16.8 Å². The summed E-state index contributed by atoms with van der Waals surface area (Å²) in [6.45, 7) is 8.18. The number of fused-ring (bicyclic) bond motifs is 5. The van der Waals surface area contributed by atoms with Crippen molar-refractivity contribution in [2.45, 2.75) is 51.4 Å². The Morgan fingerprint density at radius 3 is 2.50 bits per heavy atom. The van der Waals surface area contributed by atoms with Gasteiger partial charge in [-0.05, 0) is 44.2 Å². The molecule has 5 heterocycles. The zero-order valence-electron chi connectivity index (χ0n) is 16.7. The standard InChI is InChI=1S/C21H31N5O.HI/c1-2-22-21(26-13-16-17(14-26)19-7-6-18(16)27-19)24-12-15-5-8-20(23-11-15)25-9-3-4-10-25;/h5,8,11,16-19H,2-4,6-7,9-10,12-14H2,1H3,(H,22,24);1H. The highest BCUT2D eigenvalue weighted by molar-refractivity contribution is 14.0. The molecule has 0 amide bonds. The van der Waals surface area contributed by atoms with Gasteiger partial charge in [0, 0.05) is 50.8 Å². The first-order valence-corrected chi connectivity index (χ1v) is 10.7. The molecule has 2 bridgehead atoms. The number of anilines is 1. The van der Waals surface area contributed by atoms with Crippen molar-refractivity contribution in [3.05, 3.63) is 23.9 Å². The van der Waals surface area contributed by atoms with Gasteiger partial charge in [0.05, 0.1) is 18.8 Å². The van der Waals surface area contributed by atoms with Gasteiger partial charge in [-0.1, -0.05) is 6.07 Å². The SMILES string of the molecule is CCNC(=NCc1ccc(N2CCCC2)nc1)N1CC2C3CCC(O3)C2C1.I. The van der Waals surface area contributed by atoms with Crippen LogP contribution in [-0.4, -0.2) is 60.8 Å². The fourth-order valence-electron chi connectivity index (χ4n) is 5.37. The maximum atomic E-state index is 6.11. The highest BCUT2D eigenvalue weighted by atomic mass is 127. The molecule has 0 saturated carbocycles. The smallest absolute Gasteiger partial charge is 0.194 e. The Bertz CT molecular complexity index is 673. The van der Waals surface area contributed by atoms with E-state index in [1.165, 1.54) is 31.2 Å². The van der Waals surface area contributed by atoms with E-state index in [0.29, 0.717) is 30.6 Å². The molecular formula is C21H32IN5O. The lowest BCUT2D eigenvalue weighted by atomic mass is 9.82. The molecule has 7 heteroatoms. The normalized spacial score (nSPS) is 31.2. The number of rotatable bonds is 4. The number of ether oxygens (including phenoxy) is 1. The zero-order chi connectivity index (χ0) is 18.2. The second kappa shape index (κ2) is 8.73. The van der Waals surface area contributed by atoms with Gasteiger partial charge in [-0.3, -0.25) is 0 Å². The molecule has 1 N–H and O–H groups in total. The van der Waals surface area contributed by atoms with Crippen LogP contribution in [0.3, 0.4) is 0 Å². The molecule has 0 spiro atoms. The third-order valence-electron chi connectivity index (χ3n) is 6.74. The van der Waals surface area contributed by atoms with Crippen LogP contribution >= 0.6 is 24.0 Å². The quantitative estimate of drug-likeness (QED) is 0.394. The van der Waals surface area contributed by atoms with Crippen LogP contribution in [0.1, 0.15) is 38.2 Å². The van der Waals surface area contributed by atoms with E-state index in [2.05, 4.69) is 39.2 Å². The monoisotopic (exact) mass is 497 g/mol. The fraction of sp³-hybridized carbons (Fsp3) is 0.714. The second-order valence-electron chi connectivity index (χ2n) is 8.41. The van der Waals surface area contributed by atoms with Crippen LogP contribution in [0.5, 0.6) is 0 Å². The van der Waals surface area contributed by atoms with E-state index in [1.54, 1.807) is 0 Å². The van der Waals surface area contributed by atoms with Gasteiger partial charge in [0.2, 0.25) is 0 Å². The molecule has 6 nitrogen and oxygen atoms in total. The first kappa shape index (κ1) is 20.2. The Labute approximate surface area is 185 Å². The number of hydrogen-bond acceptors (Lipinski definition) is 4. The van der Waals surface area contributed by atoms with Crippen LogP contribution in [0.25, 0.3) is 0 Å². The number of guanidine groups is 1. The van der Waals surface area contributed by atoms with Crippen LogP contribution in [0.4, 0.5) is 5.82 Å². The first-order chi connectivity index (χ1) is 13.3. The van der Waals surface area contributed by atoms with Crippen LogP contribution in [0.15, 0.2) is 23.3 Å². The van der Waals surface area contributed by atoms with Gasteiger partial charge in [-0.2, -0.15) is 0 Å². The van der Waals surface area contributed by atoms with Gasteiger partial charge < -0.3 is 19.9 Å². The summed E-state index contributed by atoms with van der Waals surface area (Å²) in [6, 6.07) is 4.33. The van der Waals surface area contributed by atoms with Crippen molar-refractivity contribution in [3.63, 3.8) is 0 Å². The third kappa shape index (κ3) is 3.84. The molecule has 5 rings (SSSR count). The predicted octanol–water partition coefficient (Wildman–Crippen LogP) is 2.87. The van der Waals surface area contributed by atoms with E-state index in [-0.39, 0.29) is 24.0 Å². The Morgan fingerprint density at radius 2 is 1.89 bits per heavy atom. The van der Waals surface area contributed by atoms with Gasteiger partial charge in [-0.15, -0.1) is 24.0 Å². The Kier molecular flexibility index (Phi) is 6.30. The Morgan fingerprint density at radius 1 is 1.18 bits per heavy atom. The summed E-state index contributed by atoms with van der Waals surface area (Å²) in [6.07, 6.45) is 8.05. The molecule has 1 aromatic rings. The molecule has 0 radical (unpaired) electrons. The minimum absolute atomic E-state index is 0. The van der Waals surface area contributed by atoms with Gasteiger partial charge in [0.15, 0.2) is 5.96 Å². The molecule has 4 saturated heterocycles. The van der Waals surface area contributed by atoms with Crippen LogP contribution in [0, 0.1) is 11.8 Å². The van der Waals surface area contributed by atoms with Gasteiger partial charge in [0.25, 0.3) is 0 Å². The molecule has 1 aromatic heterocycles. The molecule has 154 valence electrons. The van der Waals surface area contributed by atoms with E-state index in [0.717, 1.165) is 44.5 Å². The van der Waals surface area contributed by atoms with Gasteiger partial charge in [-0.25, -0.2) is 9.98 Å². The minimum atomic E-state index is 0. The Hall–Kier alpha value is -1.09. The number of likely N-dealkylation sites (tertiary alicyclic amines) is 1. The molecule has 4 atom stereocenters. The number of nitrogens with one attached hydrogen (secondary N) is 1. The summed E-state index contributed by atoms with van der Waals surface area (Å²) in [5.74, 6) is 3.56. The van der Waals surface area contributed by atoms with Crippen molar-refractivity contribution >= 4 is 35.8 Å². The molecule has 4 aliphatic rings. The number of nitrogens with zero attached hydrogens (tertiary/aromatic N) is 4. The topological polar surface area (TPSA) is 53.0 Å². The molecular weight excluding hydrogens is 465 g/mol. The number of aliphatic imine (C=N–C) groups is 1. The number of halogens is 1. The maximum absolute atomic E-state index is 6.11. The zero-order valence-corrected chi connectivity index (χ0v) is 19.0. The van der Waals surface area contributed by atoms with Crippen molar-refractivity contribution < 1.29 is 4.74 Å². The summed E-state index contributed by atoms with van der Waals surface area (Å²) in [5, 5.41) is 3.50. The van der Waals surface area contributed by atoms with E-state index >= 15 is 0 Å². The predicted molar refractivity (Wildman–Crippen MR) is 122 cm³/mol. The second-order valence-corrected chi connectivity index (χ2v) is 8.41. The molecule has 4 unspecified atom stereocenters. The van der Waals surface area contributed by atoms with Crippen molar-refractivity contribution in [2.75, 3.05) is 37.6 Å². The lowest BCUT2D eigenvalue weighted by molar-refractivity contribution is 0.0767. The number of pyridine rings is 1. The lowest BCUT2D eigenvalue weighted by Crippen LogP contribution is -2.41. The van der Waals surface area contributed by atoms with Crippen molar-refractivity contribution in [1.82, 2.24) is 15.2 Å². The third-order valence-corrected chi connectivity index (χ3v) is 6.74. The number of hydrogen-bond donors (Lipinski definition) is 1. The average molecular weight is 497 g/mol. The van der Waals surface area contributed by atoms with Crippen LogP contribution in [0.2, 0.25) is 0 Å². The minimum Gasteiger partial charge on any atom is -0.374 e. The van der Waals surface area contributed by atoms with Crippen LogP contribution < -0.4 is 10.2 Å². The van der Waals surface area contributed by atoms with Crippen molar-refractivity contribution in [3.8, 4) is 0 Å². The Balaban J connectivity index is 0.00000192. The van der Waals surface area contributed by atoms with Gasteiger partial charge >= 0.3 is 0 Å². The summed E-state index contributed by atoms with van der Waals surface area (Å²) in [7, 11) is 0. The van der Waals surface area contributed by atoms with E-state index in [4.69, 9.17) is 9.73 Å². The van der Waals surface area contributed by atoms with Crippen molar-refractivity contribution in [1.29, 1.82) is 0 Å². The molecule has 0 aromatic carbocycles.